The Morgan fingerprint density at radius 1 is 0.245 bits per heavy atom. The minimum absolute atomic E-state index is 0.0421. The van der Waals surface area contributed by atoms with Crippen LogP contribution in [0.25, 0.3) is 97.5 Å². The van der Waals surface area contributed by atoms with Gasteiger partial charge in [-0.05, 0) is 188 Å². The van der Waals surface area contributed by atoms with E-state index in [2.05, 4.69) is 187 Å². The van der Waals surface area contributed by atoms with Gasteiger partial charge in [-0.2, -0.15) is 0 Å². The molecule has 106 heavy (non-hydrogen) atoms. The Morgan fingerprint density at radius 3 is 0.726 bits per heavy atom. The number of rotatable bonds is 16. The van der Waals surface area contributed by atoms with Crippen molar-refractivity contribution in [3.63, 3.8) is 0 Å². The first-order chi connectivity index (χ1) is 49.6. The third-order valence-electron chi connectivity index (χ3n) is 21.8. The highest BCUT2D eigenvalue weighted by Gasteiger charge is 2.36. The topological polar surface area (TPSA) is 114 Å². The number of benzene rings is 11. The molecule has 0 spiro atoms. The SMILES string of the molecule is CC(C)(C)CC(C)(C)c1ccc(Oc2cc3c(=O)n4c5ccccc5c(=O)cc4c4cc(Oc5ccc(C(C)(C)CC(C)(C)C)cc5)c5c6c(Oc7ccc(C(C)(C)CC(C)(C)C)cc7)cc7c8c(cc(Oc9ccc(C(C)(C)CC(C)(C)C)cc9)c(c2c5c34)c68)c(=O)n2c3ccccc3c(=O)cc72)cc1. The Hall–Kier alpha value is -10.3. The van der Waals surface area contributed by atoms with Crippen LogP contribution < -0.4 is 40.9 Å². The zero-order valence-corrected chi connectivity index (χ0v) is 65.3. The largest absolute Gasteiger partial charge is 0.457 e. The zero-order valence-electron chi connectivity index (χ0n) is 65.3. The Labute approximate surface area is 620 Å². The van der Waals surface area contributed by atoms with Gasteiger partial charge in [0.25, 0.3) is 11.1 Å². The predicted octanol–water partition coefficient (Wildman–Crippen LogP) is 25.2. The van der Waals surface area contributed by atoms with E-state index in [1.165, 1.54) is 0 Å². The minimum Gasteiger partial charge on any atom is -0.457 e. The molecule has 11 aromatic carbocycles. The number of nitrogens with zero attached hydrogens (tertiary/aromatic N) is 2. The lowest BCUT2D eigenvalue weighted by Crippen LogP contribution is -2.24. The van der Waals surface area contributed by atoms with Crippen LogP contribution in [0.3, 0.4) is 0 Å². The van der Waals surface area contributed by atoms with Gasteiger partial charge in [-0.25, -0.2) is 0 Å². The average molecular weight is 1410 g/mol. The van der Waals surface area contributed by atoms with Crippen LogP contribution in [0.5, 0.6) is 46.0 Å². The van der Waals surface area contributed by atoms with E-state index in [-0.39, 0.29) is 65.3 Å². The number of para-hydroxylation sites is 2. The molecule has 0 aliphatic heterocycles. The summed E-state index contributed by atoms with van der Waals surface area (Å²) >= 11 is 0. The molecule has 0 fully saturated rings. The molecule has 0 saturated heterocycles. The van der Waals surface area contributed by atoms with Crippen LogP contribution in [0.4, 0.5) is 0 Å². The van der Waals surface area contributed by atoms with Gasteiger partial charge < -0.3 is 18.9 Å². The Balaban J connectivity index is 1.16. The summed E-state index contributed by atoms with van der Waals surface area (Å²) in [4.78, 5) is 62.6. The van der Waals surface area contributed by atoms with E-state index < -0.39 is 0 Å². The molecular weight excluding hydrogens is 1310 g/mol. The molecule has 0 atom stereocenters. The molecule has 0 unspecified atom stereocenters. The summed E-state index contributed by atoms with van der Waals surface area (Å²) in [6, 6.07) is 58.4. The molecule has 10 heteroatoms. The second kappa shape index (κ2) is 24.6. The number of aromatic nitrogens is 2. The molecule has 4 aromatic heterocycles. The molecule has 0 aliphatic carbocycles. The quantitative estimate of drug-likeness (QED) is 0.0694. The van der Waals surface area contributed by atoms with Gasteiger partial charge in [0.2, 0.25) is 0 Å². The van der Waals surface area contributed by atoms with Gasteiger partial charge >= 0.3 is 0 Å². The van der Waals surface area contributed by atoms with Crippen molar-refractivity contribution in [2.24, 2.45) is 21.7 Å². The highest BCUT2D eigenvalue weighted by Crippen LogP contribution is 2.58. The van der Waals surface area contributed by atoms with Crippen LogP contribution >= 0.6 is 0 Å². The average Bonchev–Trinajstić information content (AvgIpc) is 0.667. The van der Waals surface area contributed by atoms with E-state index in [0.717, 1.165) is 47.9 Å². The lowest BCUT2D eigenvalue weighted by molar-refractivity contribution is 0.283. The van der Waals surface area contributed by atoms with E-state index in [1.807, 2.05) is 109 Å². The smallest absolute Gasteiger partial charge is 0.263 e. The maximum Gasteiger partial charge on any atom is 0.263 e. The Kier molecular flexibility index (Phi) is 16.6. The van der Waals surface area contributed by atoms with Crippen molar-refractivity contribution < 1.29 is 18.9 Å². The van der Waals surface area contributed by atoms with Gasteiger partial charge in [-0.15, -0.1) is 0 Å². The molecular formula is C96H98N2O8. The summed E-state index contributed by atoms with van der Waals surface area (Å²) in [6.45, 7) is 45.4. The molecule has 0 amide bonds. The third kappa shape index (κ3) is 12.7. The zero-order chi connectivity index (χ0) is 75.7. The van der Waals surface area contributed by atoms with Crippen LogP contribution in [0.2, 0.25) is 0 Å². The first-order valence-corrected chi connectivity index (χ1v) is 37.5. The minimum atomic E-state index is -0.365. The van der Waals surface area contributed by atoms with E-state index in [9.17, 15) is 9.59 Å². The molecule has 10 nitrogen and oxygen atoms in total. The van der Waals surface area contributed by atoms with Crippen molar-refractivity contribution in [1.82, 2.24) is 8.80 Å². The van der Waals surface area contributed by atoms with Crippen molar-refractivity contribution in [2.45, 2.75) is 186 Å². The van der Waals surface area contributed by atoms with Crippen molar-refractivity contribution in [1.29, 1.82) is 0 Å². The van der Waals surface area contributed by atoms with Gasteiger partial charge in [0.15, 0.2) is 10.9 Å². The summed E-state index contributed by atoms with van der Waals surface area (Å²) in [6.07, 6.45) is 3.71. The fourth-order valence-corrected chi connectivity index (χ4v) is 19.0. The van der Waals surface area contributed by atoms with Crippen LogP contribution in [-0.2, 0) is 21.7 Å². The van der Waals surface area contributed by atoms with Crippen molar-refractivity contribution in [3.8, 4) is 46.0 Å². The van der Waals surface area contributed by atoms with Crippen LogP contribution in [-0.4, -0.2) is 8.80 Å². The van der Waals surface area contributed by atoms with Crippen LogP contribution in [0.15, 0.2) is 201 Å². The normalized spacial score (nSPS) is 13.4. The fourth-order valence-electron chi connectivity index (χ4n) is 19.0. The van der Waals surface area contributed by atoms with E-state index in [1.54, 1.807) is 33.1 Å². The molecule has 0 radical (unpaired) electrons. The molecule has 4 heterocycles. The molecule has 15 aromatic rings. The van der Waals surface area contributed by atoms with Gasteiger partial charge in [-0.3, -0.25) is 28.0 Å². The Morgan fingerprint density at radius 2 is 0.481 bits per heavy atom. The predicted molar refractivity (Wildman–Crippen MR) is 441 cm³/mol. The van der Waals surface area contributed by atoms with Crippen LogP contribution in [0, 0.1) is 21.7 Å². The second-order valence-corrected chi connectivity index (χ2v) is 37.8. The van der Waals surface area contributed by atoms with Crippen molar-refractivity contribution >= 4 is 97.5 Å². The van der Waals surface area contributed by atoms with Crippen molar-refractivity contribution in [3.05, 3.63) is 245 Å². The van der Waals surface area contributed by atoms with Gasteiger partial charge in [0.1, 0.15) is 46.0 Å². The lowest BCUT2D eigenvalue weighted by Gasteiger charge is -2.33. The summed E-state index contributed by atoms with van der Waals surface area (Å²) in [5.74, 6) is 3.46. The third-order valence-corrected chi connectivity index (χ3v) is 21.8. The summed E-state index contributed by atoms with van der Waals surface area (Å²) in [7, 11) is 0. The van der Waals surface area contributed by atoms with E-state index in [0.29, 0.717) is 143 Å². The molecule has 0 saturated carbocycles. The lowest BCUT2D eigenvalue weighted by atomic mass is 9.72. The molecule has 15 rings (SSSR count). The van der Waals surface area contributed by atoms with Crippen molar-refractivity contribution in [2.75, 3.05) is 0 Å². The Bertz CT molecular complexity index is 5880. The number of pyridine rings is 4. The second-order valence-electron chi connectivity index (χ2n) is 37.8. The number of hydrogen-bond donors (Lipinski definition) is 0. The first kappa shape index (κ1) is 71.3. The summed E-state index contributed by atoms with van der Waals surface area (Å²) < 4.78 is 33.7. The van der Waals surface area contributed by atoms with Gasteiger partial charge in [-0.1, -0.05) is 211 Å². The number of hydrogen-bond acceptors (Lipinski definition) is 8. The maximum atomic E-state index is 16.5. The monoisotopic (exact) mass is 1410 g/mol. The standard InChI is InChI=1S/C96H98N2O8/c1-89(2,3)51-93(13,14)55-29-37-59(38-30-55)103-75-45-65-71-49-73(99)63-25-21-23-27-69(63)97(71)87(101)67-47-77(105-61-41-33-57(34-42-61)95(17,18)53-91(7,8)9)83-84-78(106-62-43-35-58(36-44-62)96(19,20)54-92(10,11)12)48-68-80-66(72-50-74(100)64-26-22-24-28-70(64)98(72)88(68)102)46-76(82(86(80)84)81(75)85(83)79(65)67)104-60-39-31-56(32-40-60)94(15,16)52-90(4,5)6/h21-50H,51-54H2,1-20H3. The van der Waals surface area contributed by atoms with E-state index >= 15 is 9.59 Å². The van der Waals surface area contributed by atoms with Gasteiger partial charge in [0.05, 0.1) is 32.8 Å². The summed E-state index contributed by atoms with van der Waals surface area (Å²) in [5.41, 5.74) is 4.40. The summed E-state index contributed by atoms with van der Waals surface area (Å²) in [5, 5.41) is 6.99. The number of ether oxygens (including phenoxy) is 4. The fraction of sp³-hybridized carbons (Fsp3) is 0.333. The van der Waals surface area contributed by atoms with Crippen LogP contribution in [0.1, 0.15) is 186 Å². The molecule has 0 aliphatic rings. The molecule has 540 valence electrons. The van der Waals surface area contributed by atoms with Gasteiger partial charge in [0, 0.05) is 76.8 Å². The molecule has 0 bridgehead atoms. The van der Waals surface area contributed by atoms with E-state index in [4.69, 9.17) is 18.9 Å². The highest BCUT2D eigenvalue weighted by molar-refractivity contribution is 6.45. The first-order valence-electron chi connectivity index (χ1n) is 37.5. The maximum absolute atomic E-state index is 16.5. The molecule has 0 N–H and O–H groups in total. The number of fused-ring (bicyclic) bond motifs is 10. The highest BCUT2D eigenvalue weighted by atomic mass is 16.5.